The van der Waals surface area contributed by atoms with Crippen molar-refractivity contribution in [1.82, 2.24) is 10.2 Å². The highest BCUT2D eigenvalue weighted by Crippen LogP contribution is 2.19. The summed E-state index contributed by atoms with van der Waals surface area (Å²) in [7, 11) is 1.84. The Kier molecular flexibility index (Phi) is 11.2. The fraction of sp³-hybridized carbons (Fsp3) is 0.458. The average Bonchev–Trinajstić information content (AvgIpc) is 2.74. The Balaban J connectivity index is 0.000000308. The Hall–Kier alpha value is -2.21. The highest BCUT2D eigenvalue weighted by atomic mass is 16.3. The van der Waals surface area contributed by atoms with Gasteiger partial charge in [0.15, 0.2) is 0 Å². The Bertz CT molecular complexity index is 710. The van der Waals surface area contributed by atoms with Crippen LogP contribution in [0.4, 0.5) is 5.69 Å². The zero-order valence-electron chi connectivity index (χ0n) is 18.7. The molecule has 0 radical (unpaired) electrons. The smallest absolute Gasteiger partial charge is 0.238 e. The number of rotatable bonds is 8. The lowest BCUT2D eigenvalue weighted by atomic mass is 10.0. The summed E-state index contributed by atoms with van der Waals surface area (Å²) in [5, 5.41) is 15.7. The van der Waals surface area contributed by atoms with Crippen LogP contribution in [0.5, 0.6) is 0 Å². The molecule has 2 aromatic rings. The molecular weight excluding hydrogens is 362 g/mol. The lowest BCUT2D eigenvalue weighted by molar-refractivity contribution is -0.117. The molecule has 0 bridgehead atoms. The van der Waals surface area contributed by atoms with Gasteiger partial charge in [0.2, 0.25) is 5.91 Å². The van der Waals surface area contributed by atoms with Gasteiger partial charge >= 0.3 is 0 Å². The minimum Gasteiger partial charge on any atom is -0.387 e. The predicted octanol–water partition coefficient (Wildman–Crippen LogP) is 3.91. The molecule has 0 heterocycles. The van der Waals surface area contributed by atoms with Crippen molar-refractivity contribution in [2.45, 2.75) is 46.8 Å². The Labute approximate surface area is 176 Å². The summed E-state index contributed by atoms with van der Waals surface area (Å²) in [6, 6.07) is 15.8. The molecule has 2 aromatic carbocycles. The molecule has 2 atom stereocenters. The molecule has 5 heteroatoms. The maximum absolute atomic E-state index is 11.9. The SMILES string of the molecule is CCN(CC)CC(=O)Nc1c(C)cccc1C.CN[C@@H](C)[C@H](O)c1ccccc1. The van der Waals surface area contributed by atoms with Gasteiger partial charge in [-0.25, -0.2) is 0 Å². The zero-order valence-corrected chi connectivity index (χ0v) is 18.7. The number of amides is 1. The van der Waals surface area contributed by atoms with Gasteiger partial charge in [-0.05, 0) is 57.6 Å². The third kappa shape index (κ3) is 8.36. The van der Waals surface area contributed by atoms with Gasteiger partial charge in [0.1, 0.15) is 0 Å². The van der Waals surface area contributed by atoms with Crippen LogP contribution in [0.2, 0.25) is 0 Å². The van der Waals surface area contributed by atoms with Crippen molar-refractivity contribution in [2.24, 2.45) is 0 Å². The topological polar surface area (TPSA) is 64.6 Å². The summed E-state index contributed by atoms with van der Waals surface area (Å²) in [6.45, 7) is 12.4. The van der Waals surface area contributed by atoms with E-state index in [-0.39, 0.29) is 11.9 Å². The number of aliphatic hydroxyl groups is 1. The van der Waals surface area contributed by atoms with Gasteiger partial charge in [0.25, 0.3) is 0 Å². The fourth-order valence-corrected chi connectivity index (χ4v) is 2.94. The minimum absolute atomic E-state index is 0.0612. The molecule has 5 nitrogen and oxygen atoms in total. The number of benzene rings is 2. The van der Waals surface area contributed by atoms with Gasteiger partial charge in [-0.1, -0.05) is 62.4 Å². The van der Waals surface area contributed by atoms with Crippen molar-refractivity contribution < 1.29 is 9.90 Å². The molecule has 0 spiro atoms. The van der Waals surface area contributed by atoms with Crippen LogP contribution in [0.25, 0.3) is 0 Å². The Morgan fingerprint density at radius 1 is 1.00 bits per heavy atom. The first kappa shape index (κ1) is 24.8. The highest BCUT2D eigenvalue weighted by Gasteiger charge is 2.13. The lowest BCUT2D eigenvalue weighted by Gasteiger charge is -2.18. The molecule has 0 unspecified atom stereocenters. The Morgan fingerprint density at radius 2 is 1.55 bits per heavy atom. The van der Waals surface area contributed by atoms with E-state index < -0.39 is 6.10 Å². The second kappa shape index (κ2) is 13.1. The third-order valence-corrected chi connectivity index (χ3v) is 5.08. The number of para-hydroxylation sites is 1. The van der Waals surface area contributed by atoms with Crippen LogP contribution >= 0.6 is 0 Å². The first-order valence-electron chi connectivity index (χ1n) is 10.3. The normalized spacial score (nSPS) is 12.7. The second-order valence-corrected chi connectivity index (χ2v) is 7.21. The first-order valence-corrected chi connectivity index (χ1v) is 10.3. The quantitative estimate of drug-likeness (QED) is 0.630. The largest absolute Gasteiger partial charge is 0.387 e. The molecule has 2 rings (SSSR count). The number of nitrogens with zero attached hydrogens (tertiary/aromatic N) is 1. The molecule has 29 heavy (non-hydrogen) atoms. The van der Waals surface area contributed by atoms with E-state index in [9.17, 15) is 9.90 Å². The number of carbonyl (C=O) groups is 1. The van der Waals surface area contributed by atoms with Crippen LogP contribution in [0.1, 0.15) is 43.6 Å². The van der Waals surface area contributed by atoms with E-state index in [1.54, 1.807) is 0 Å². The molecule has 0 aliphatic carbocycles. The van der Waals surface area contributed by atoms with E-state index in [1.807, 2.05) is 76.3 Å². The monoisotopic (exact) mass is 399 g/mol. The minimum atomic E-state index is -0.420. The Morgan fingerprint density at radius 3 is 2.03 bits per heavy atom. The van der Waals surface area contributed by atoms with Crippen molar-refractivity contribution in [1.29, 1.82) is 0 Å². The highest BCUT2D eigenvalue weighted by molar-refractivity contribution is 5.93. The first-order chi connectivity index (χ1) is 13.8. The molecule has 0 aromatic heterocycles. The average molecular weight is 400 g/mol. The van der Waals surface area contributed by atoms with Crippen LogP contribution < -0.4 is 10.6 Å². The summed E-state index contributed by atoms with van der Waals surface area (Å²) in [5.74, 6) is 0.0612. The standard InChI is InChI=1S/C14H22N2O.C10H15NO/c1-5-16(6-2)10-13(17)15-14-11(3)8-7-9-12(14)4;1-8(11-2)10(12)9-6-4-3-5-7-9/h7-9H,5-6,10H2,1-4H3,(H,15,17);3-8,10-12H,1-2H3/t;8-,10-/m.0/s1. The van der Waals surface area contributed by atoms with Gasteiger partial charge in [-0.3, -0.25) is 9.69 Å². The molecule has 0 saturated heterocycles. The maximum atomic E-state index is 11.9. The summed E-state index contributed by atoms with van der Waals surface area (Å²) in [5.41, 5.74) is 4.12. The molecular formula is C24H37N3O2. The van der Waals surface area contributed by atoms with Gasteiger partial charge in [0, 0.05) is 11.7 Å². The van der Waals surface area contributed by atoms with E-state index in [1.165, 1.54) is 0 Å². The van der Waals surface area contributed by atoms with Crippen molar-refractivity contribution in [3.8, 4) is 0 Å². The van der Waals surface area contributed by atoms with Crippen molar-refractivity contribution in [3.05, 3.63) is 65.2 Å². The molecule has 3 N–H and O–H groups in total. The molecule has 0 saturated carbocycles. The van der Waals surface area contributed by atoms with Crippen molar-refractivity contribution in [3.63, 3.8) is 0 Å². The summed E-state index contributed by atoms with van der Waals surface area (Å²) in [4.78, 5) is 14.0. The van der Waals surface area contributed by atoms with Gasteiger partial charge < -0.3 is 15.7 Å². The van der Waals surface area contributed by atoms with Crippen LogP contribution in [-0.2, 0) is 4.79 Å². The molecule has 1 amide bonds. The number of nitrogens with one attached hydrogen (secondary N) is 2. The van der Waals surface area contributed by atoms with Crippen LogP contribution in [0, 0.1) is 13.8 Å². The number of anilines is 1. The van der Waals surface area contributed by atoms with E-state index >= 15 is 0 Å². The second-order valence-electron chi connectivity index (χ2n) is 7.21. The molecule has 0 fully saturated rings. The number of likely N-dealkylation sites (N-methyl/N-ethyl adjacent to an activating group) is 2. The third-order valence-electron chi connectivity index (χ3n) is 5.08. The number of hydrogen-bond donors (Lipinski definition) is 3. The maximum Gasteiger partial charge on any atom is 0.238 e. The van der Waals surface area contributed by atoms with Crippen molar-refractivity contribution >= 4 is 11.6 Å². The van der Waals surface area contributed by atoms with Gasteiger partial charge in [0.05, 0.1) is 12.6 Å². The fourth-order valence-electron chi connectivity index (χ4n) is 2.94. The number of hydrogen-bond acceptors (Lipinski definition) is 4. The van der Waals surface area contributed by atoms with E-state index in [2.05, 4.69) is 29.4 Å². The van der Waals surface area contributed by atoms with Gasteiger partial charge in [-0.2, -0.15) is 0 Å². The molecule has 0 aliphatic heterocycles. The summed E-state index contributed by atoms with van der Waals surface area (Å²) >= 11 is 0. The summed E-state index contributed by atoms with van der Waals surface area (Å²) < 4.78 is 0. The van der Waals surface area contributed by atoms with E-state index in [4.69, 9.17) is 0 Å². The zero-order chi connectivity index (χ0) is 21.8. The predicted molar refractivity (Wildman–Crippen MR) is 122 cm³/mol. The van der Waals surface area contributed by atoms with Crippen LogP contribution in [-0.4, -0.2) is 48.6 Å². The number of aryl methyl sites for hydroxylation is 2. The molecule has 160 valence electrons. The van der Waals surface area contributed by atoms with Crippen LogP contribution in [0.15, 0.2) is 48.5 Å². The summed E-state index contributed by atoms with van der Waals surface area (Å²) in [6.07, 6.45) is -0.420. The molecule has 0 aliphatic rings. The van der Waals surface area contributed by atoms with Gasteiger partial charge in [-0.15, -0.1) is 0 Å². The number of carbonyl (C=O) groups excluding carboxylic acids is 1. The van der Waals surface area contributed by atoms with Crippen LogP contribution in [0.3, 0.4) is 0 Å². The lowest BCUT2D eigenvalue weighted by Crippen LogP contribution is -2.33. The van der Waals surface area contributed by atoms with Crippen molar-refractivity contribution in [2.75, 3.05) is 32.0 Å². The van der Waals surface area contributed by atoms with E-state index in [0.717, 1.165) is 35.5 Å². The number of aliphatic hydroxyl groups excluding tert-OH is 1. The van der Waals surface area contributed by atoms with E-state index in [0.29, 0.717) is 6.54 Å².